The highest BCUT2D eigenvalue weighted by Gasteiger charge is 2.19. The van der Waals surface area contributed by atoms with Crippen LogP contribution >= 0.6 is 0 Å². The van der Waals surface area contributed by atoms with Gasteiger partial charge in [0, 0.05) is 13.0 Å². The van der Waals surface area contributed by atoms with E-state index in [4.69, 9.17) is 4.74 Å². The van der Waals surface area contributed by atoms with Crippen molar-refractivity contribution in [3.63, 3.8) is 0 Å². The van der Waals surface area contributed by atoms with Crippen LogP contribution in [0.3, 0.4) is 0 Å². The van der Waals surface area contributed by atoms with Crippen molar-refractivity contribution in [1.29, 1.82) is 0 Å². The molecule has 0 aromatic carbocycles. The number of ketones is 1. The van der Waals surface area contributed by atoms with Crippen LogP contribution in [0.2, 0.25) is 0 Å². The number of morpholine rings is 1. The summed E-state index contributed by atoms with van der Waals surface area (Å²) in [5, 5.41) is 3.10. The molecule has 0 aromatic heterocycles. The summed E-state index contributed by atoms with van der Waals surface area (Å²) in [5.74, 6) is 0.222. The van der Waals surface area contributed by atoms with Gasteiger partial charge in [-0.3, -0.25) is 4.79 Å². The van der Waals surface area contributed by atoms with E-state index in [1.54, 1.807) is 0 Å². The molecule has 0 spiro atoms. The normalized spacial score (nSPS) is 25.0. The molecule has 0 amide bonds. The summed E-state index contributed by atoms with van der Waals surface area (Å²) in [5.41, 5.74) is 0. The van der Waals surface area contributed by atoms with Crippen molar-refractivity contribution in [3.8, 4) is 0 Å². The second-order valence-corrected chi connectivity index (χ2v) is 2.65. The minimum absolute atomic E-state index is 0.0782. The van der Waals surface area contributed by atoms with E-state index >= 15 is 0 Å². The molecule has 1 aliphatic rings. The number of nitrogens with one attached hydrogen (secondary N) is 1. The number of ether oxygens (including phenoxy) is 1. The van der Waals surface area contributed by atoms with Crippen molar-refractivity contribution >= 4 is 5.78 Å². The van der Waals surface area contributed by atoms with Gasteiger partial charge in [0.25, 0.3) is 0 Å². The first-order chi connectivity index (χ1) is 5.34. The molecule has 1 heterocycles. The Labute approximate surface area is 67.1 Å². The number of rotatable bonds is 3. The molecule has 11 heavy (non-hydrogen) atoms. The molecule has 1 rings (SSSR count). The second kappa shape index (κ2) is 4.46. The summed E-state index contributed by atoms with van der Waals surface area (Å²) < 4.78 is 5.15. The summed E-state index contributed by atoms with van der Waals surface area (Å²) in [7, 11) is 0. The van der Waals surface area contributed by atoms with Crippen LogP contribution in [0, 0.1) is 6.92 Å². The third-order valence-electron chi connectivity index (χ3n) is 1.73. The summed E-state index contributed by atoms with van der Waals surface area (Å²) in [6.45, 7) is 5.66. The van der Waals surface area contributed by atoms with E-state index in [-0.39, 0.29) is 11.8 Å². The molecule has 1 aliphatic heterocycles. The molecule has 0 aliphatic carbocycles. The molecule has 3 heteroatoms. The maximum absolute atomic E-state index is 11.2. The Bertz CT molecular complexity index is 130. The maximum Gasteiger partial charge on any atom is 0.152 e. The standard InChI is InChI=1S/C8H14NO2/c1-2-3-8(10)7-6-11-5-4-9-7/h7,9H,1-6H2. The van der Waals surface area contributed by atoms with E-state index in [1.807, 2.05) is 0 Å². The highest BCUT2D eigenvalue weighted by molar-refractivity contribution is 5.84. The molecule has 1 unspecified atom stereocenters. The molecule has 1 atom stereocenters. The topological polar surface area (TPSA) is 38.3 Å². The van der Waals surface area contributed by atoms with Crippen molar-refractivity contribution in [1.82, 2.24) is 5.32 Å². The fraction of sp³-hybridized carbons (Fsp3) is 0.750. The van der Waals surface area contributed by atoms with Crippen molar-refractivity contribution in [2.45, 2.75) is 18.9 Å². The van der Waals surface area contributed by atoms with Crippen LogP contribution in [0.25, 0.3) is 0 Å². The van der Waals surface area contributed by atoms with E-state index in [0.717, 1.165) is 6.54 Å². The van der Waals surface area contributed by atoms with Gasteiger partial charge in [0.15, 0.2) is 5.78 Å². The fourth-order valence-corrected chi connectivity index (χ4v) is 1.12. The average molecular weight is 156 g/mol. The van der Waals surface area contributed by atoms with Gasteiger partial charge in [0.05, 0.1) is 19.3 Å². The molecule has 1 fully saturated rings. The quantitative estimate of drug-likeness (QED) is 0.632. The molecule has 1 radical (unpaired) electrons. The highest BCUT2D eigenvalue weighted by Crippen LogP contribution is 1.99. The third kappa shape index (κ3) is 2.60. The molecule has 63 valence electrons. The minimum Gasteiger partial charge on any atom is -0.378 e. The lowest BCUT2D eigenvalue weighted by atomic mass is 10.1. The molecular formula is C8H14NO2. The van der Waals surface area contributed by atoms with Crippen molar-refractivity contribution in [2.24, 2.45) is 0 Å². The largest absolute Gasteiger partial charge is 0.378 e. The average Bonchev–Trinajstić information content (AvgIpc) is 2.07. The SMILES string of the molecule is [CH2]CCC(=O)C1COCCN1. The molecular weight excluding hydrogens is 142 g/mol. The Morgan fingerprint density at radius 2 is 2.55 bits per heavy atom. The summed E-state index contributed by atoms with van der Waals surface area (Å²) >= 11 is 0. The van der Waals surface area contributed by atoms with E-state index in [1.165, 1.54) is 0 Å². The molecule has 0 saturated carbocycles. The predicted octanol–water partition coefficient (Wildman–Crippen LogP) is 0.158. The van der Waals surface area contributed by atoms with Gasteiger partial charge in [-0.2, -0.15) is 0 Å². The van der Waals surface area contributed by atoms with Crippen LogP contribution in [0.1, 0.15) is 12.8 Å². The number of hydrogen-bond donors (Lipinski definition) is 1. The van der Waals surface area contributed by atoms with Crippen LogP contribution in [-0.4, -0.2) is 31.6 Å². The first-order valence-corrected chi connectivity index (χ1v) is 3.97. The van der Waals surface area contributed by atoms with Crippen molar-refractivity contribution in [3.05, 3.63) is 6.92 Å². The zero-order chi connectivity index (χ0) is 8.10. The predicted molar refractivity (Wildman–Crippen MR) is 42.2 cm³/mol. The zero-order valence-electron chi connectivity index (χ0n) is 6.64. The Morgan fingerprint density at radius 1 is 1.73 bits per heavy atom. The Hall–Kier alpha value is -0.410. The van der Waals surface area contributed by atoms with Crippen LogP contribution in [-0.2, 0) is 9.53 Å². The number of hydrogen-bond acceptors (Lipinski definition) is 3. The van der Waals surface area contributed by atoms with Gasteiger partial charge >= 0.3 is 0 Å². The smallest absolute Gasteiger partial charge is 0.152 e. The van der Waals surface area contributed by atoms with Crippen molar-refractivity contribution < 1.29 is 9.53 Å². The van der Waals surface area contributed by atoms with Gasteiger partial charge < -0.3 is 10.1 Å². The van der Waals surface area contributed by atoms with Crippen molar-refractivity contribution in [2.75, 3.05) is 19.8 Å². The van der Waals surface area contributed by atoms with Gasteiger partial charge in [0.2, 0.25) is 0 Å². The Morgan fingerprint density at radius 3 is 3.09 bits per heavy atom. The van der Waals surface area contributed by atoms with E-state index in [2.05, 4.69) is 12.2 Å². The van der Waals surface area contributed by atoms with Crippen LogP contribution < -0.4 is 5.32 Å². The van der Waals surface area contributed by atoms with Gasteiger partial charge in [-0.1, -0.05) is 6.92 Å². The molecule has 0 aromatic rings. The minimum atomic E-state index is -0.0782. The first-order valence-electron chi connectivity index (χ1n) is 3.97. The van der Waals surface area contributed by atoms with Crippen LogP contribution in [0.4, 0.5) is 0 Å². The highest BCUT2D eigenvalue weighted by atomic mass is 16.5. The number of carbonyl (C=O) groups excluding carboxylic acids is 1. The summed E-state index contributed by atoms with van der Waals surface area (Å²) in [6.07, 6.45) is 1.23. The maximum atomic E-state index is 11.2. The Balaban J connectivity index is 2.27. The lowest BCUT2D eigenvalue weighted by molar-refractivity contribution is -0.123. The first kappa shape index (κ1) is 8.68. The number of carbonyl (C=O) groups is 1. The third-order valence-corrected chi connectivity index (χ3v) is 1.73. The van der Waals surface area contributed by atoms with E-state index < -0.39 is 0 Å². The molecule has 1 saturated heterocycles. The van der Waals surface area contributed by atoms with E-state index in [0.29, 0.717) is 26.1 Å². The lowest BCUT2D eigenvalue weighted by Crippen LogP contribution is -2.46. The summed E-state index contributed by atoms with van der Waals surface area (Å²) in [6, 6.07) is -0.0782. The molecule has 1 N–H and O–H groups in total. The van der Waals surface area contributed by atoms with Gasteiger partial charge in [-0.25, -0.2) is 0 Å². The van der Waals surface area contributed by atoms with Gasteiger partial charge in [-0.05, 0) is 6.42 Å². The van der Waals surface area contributed by atoms with Gasteiger partial charge in [-0.15, -0.1) is 0 Å². The van der Waals surface area contributed by atoms with E-state index in [9.17, 15) is 4.79 Å². The van der Waals surface area contributed by atoms with Crippen LogP contribution in [0.5, 0.6) is 0 Å². The fourth-order valence-electron chi connectivity index (χ4n) is 1.12. The second-order valence-electron chi connectivity index (χ2n) is 2.65. The number of Topliss-reactive ketones (excluding diaryl/α,β-unsaturated/α-hetero) is 1. The molecule has 0 bridgehead atoms. The lowest BCUT2D eigenvalue weighted by Gasteiger charge is -2.22. The van der Waals surface area contributed by atoms with Crippen LogP contribution in [0.15, 0.2) is 0 Å². The Kier molecular flexibility index (Phi) is 3.52. The zero-order valence-corrected chi connectivity index (χ0v) is 6.64. The monoisotopic (exact) mass is 156 g/mol. The summed E-state index contributed by atoms with van der Waals surface area (Å²) in [4.78, 5) is 11.2. The van der Waals surface area contributed by atoms with Gasteiger partial charge in [0.1, 0.15) is 0 Å². The molecule has 3 nitrogen and oxygen atoms in total.